The van der Waals surface area contributed by atoms with Crippen LogP contribution in [0.1, 0.15) is 65.5 Å². The molecule has 0 aliphatic carbocycles. The van der Waals surface area contributed by atoms with Crippen LogP contribution in [0.5, 0.6) is 0 Å². The van der Waals surface area contributed by atoms with E-state index < -0.39 is 0 Å². The number of carbonyl (C=O) groups excluding carboxylic acids is 1. The summed E-state index contributed by atoms with van der Waals surface area (Å²) in [5.74, 6) is 0.334. The normalized spacial score (nSPS) is 23.8. The molecule has 1 unspecified atom stereocenters. The van der Waals surface area contributed by atoms with Gasteiger partial charge in [0.25, 0.3) is 0 Å². The molecule has 3 heteroatoms. The Hall–Kier alpha value is -1.35. The van der Waals surface area contributed by atoms with Gasteiger partial charge in [-0.15, -0.1) is 0 Å². The van der Waals surface area contributed by atoms with E-state index in [0.717, 1.165) is 32.4 Å². The Balaban J connectivity index is 1.75. The van der Waals surface area contributed by atoms with E-state index in [1.165, 1.54) is 12.1 Å². The van der Waals surface area contributed by atoms with E-state index >= 15 is 0 Å². The molecule has 0 N–H and O–H groups in total. The van der Waals surface area contributed by atoms with E-state index in [-0.39, 0.29) is 5.41 Å². The summed E-state index contributed by atoms with van der Waals surface area (Å²) in [6.07, 6.45) is 3.16. The predicted molar refractivity (Wildman–Crippen MR) is 103 cm³/mol. The number of amides is 1. The summed E-state index contributed by atoms with van der Waals surface area (Å²) in [5, 5.41) is 0. The monoisotopic (exact) mass is 342 g/mol. The second kappa shape index (κ2) is 6.75. The summed E-state index contributed by atoms with van der Waals surface area (Å²) in [6.45, 7) is 13.9. The van der Waals surface area contributed by atoms with Crippen LogP contribution in [0.4, 0.5) is 0 Å². The van der Waals surface area contributed by atoms with Crippen molar-refractivity contribution in [3.8, 4) is 0 Å². The standard InChI is InChI=1S/C22H34N2O/c1-6-21(4,5)20(25)23-14-12-22(13-15-23)16-24(17(2)3)19(22)18-10-8-7-9-11-18/h7-11,17,19H,6,12-16H2,1-5H3. The highest BCUT2D eigenvalue weighted by Crippen LogP contribution is 2.55. The van der Waals surface area contributed by atoms with Crippen molar-refractivity contribution in [2.45, 2.75) is 66.0 Å². The second-order valence-electron chi connectivity index (χ2n) is 8.97. The Morgan fingerprint density at radius 3 is 2.32 bits per heavy atom. The molecule has 2 fully saturated rings. The van der Waals surface area contributed by atoms with Crippen molar-refractivity contribution >= 4 is 5.91 Å². The SMILES string of the molecule is CCC(C)(C)C(=O)N1CCC2(CC1)CN(C(C)C)C2c1ccccc1. The Morgan fingerprint density at radius 1 is 1.20 bits per heavy atom. The van der Waals surface area contributed by atoms with Gasteiger partial charge in [0.05, 0.1) is 0 Å². The van der Waals surface area contributed by atoms with Gasteiger partial charge in [0, 0.05) is 42.5 Å². The van der Waals surface area contributed by atoms with Gasteiger partial charge in [0.1, 0.15) is 0 Å². The van der Waals surface area contributed by atoms with Gasteiger partial charge < -0.3 is 4.90 Å². The quantitative estimate of drug-likeness (QED) is 0.804. The molecular weight excluding hydrogens is 308 g/mol. The Bertz CT molecular complexity index is 600. The van der Waals surface area contributed by atoms with Crippen molar-refractivity contribution in [1.82, 2.24) is 9.80 Å². The highest BCUT2D eigenvalue weighted by molar-refractivity contribution is 5.82. The predicted octanol–water partition coefficient (Wildman–Crippen LogP) is 4.50. The van der Waals surface area contributed by atoms with Gasteiger partial charge in [-0.25, -0.2) is 0 Å². The maximum absolute atomic E-state index is 12.8. The van der Waals surface area contributed by atoms with E-state index in [4.69, 9.17) is 0 Å². The number of hydrogen-bond donors (Lipinski definition) is 0. The number of benzene rings is 1. The highest BCUT2D eigenvalue weighted by atomic mass is 16.2. The zero-order chi connectivity index (χ0) is 18.2. The van der Waals surface area contributed by atoms with E-state index in [2.05, 4.69) is 74.8 Å². The lowest BCUT2D eigenvalue weighted by Gasteiger charge is -2.62. The van der Waals surface area contributed by atoms with E-state index in [1.807, 2.05) is 0 Å². The lowest BCUT2D eigenvalue weighted by atomic mass is 9.62. The van der Waals surface area contributed by atoms with Gasteiger partial charge in [0.2, 0.25) is 5.91 Å². The summed E-state index contributed by atoms with van der Waals surface area (Å²) < 4.78 is 0. The van der Waals surface area contributed by atoms with Crippen molar-refractivity contribution < 1.29 is 4.79 Å². The van der Waals surface area contributed by atoms with Crippen LogP contribution in [-0.4, -0.2) is 41.4 Å². The molecule has 25 heavy (non-hydrogen) atoms. The van der Waals surface area contributed by atoms with Gasteiger partial charge in [-0.05, 0) is 38.7 Å². The first-order valence-corrected chi connectivity index (χ1v) is 9.91. The summed E-state index contributed by atoms with van der Waals surface area (Å²) in [6, 6.07) is 12.0. The molecule has 1 atom stereocenters. The molecule has 0 bridgehead atoms. The lowest BCUT2D eigenvalue weighted by molar-refractivity contribution is -0.154. The smallest absolute Gasteiger partial charge is 0.228 e. The van der Waals surface area contributed by atoms with Gasteiger partial charge in [-0.2, -0.15) is 0 Å². The lowest BCUT2D eigenvalue weighted by Crippen LogP contribution is -2.64. The minimum Gasteiger partial charge on any atom is -0.342 e. The van der Waals surface area contributed by atoms with Gasteiger partial charge in [-0.1, -0.05) is 51.1 Å². The van der Waals surface area contributed by atoms with Crippen LogP contribution in [0, 0.1) is 10.8 Å². The fourth-order valence-electron chi connectivity index (χ4n) is 4.61. The highest BCUT2D eigenvalue weighted by Gasteiger charge is 2.55. The molecule has 2 aliphatic rings. The summed E-state index contributed by atoms with van der Waals surface area (Å²) in [5.41, 5.74) is 1.56. The van der Waals surface area contributed by atoms with Crippen LogP contribution in [0.3, 0.4) is 0 Å². The van der Waals surface area contributed by atoms with Crippen LogP contribution in [0.2, 0.25) is 0 Å². The molecule has 1 aromatic rings. The van der Waals surface area contributed by atoms with Crippen molar-refractivity contribution in [2.75, 3.05) is 19.6 Å². The number of piperidine rings is 1. The first kappa shape index (κ1) is 18.4. The first-order valence-electron chi connectivity index (χ1n) is 9.91. The molecule has 2 aliphatic heterocycles. The molecule has 3 rings (SSSR count). The number of carbonyl (C=O) groups is 1. The van der Waals surface area contributed by atoms with E-state index in [9.17, 15) is 4.79 Å². The molecule has 0 radical (unpaired) electrons. The van der Waals surface area contributed by atoms with Gasteiger partial charge in [0.15, 0.2) is 0 Å². The molecule has 3 nitrogen and oxygen atoms in total. The zero-order valence-corrected chi connectivity index (χ0v) is 16.6. The molecule has 2 heterocycles. The maximum atomic E-state index is 12.8. The molecule has 0 saturated carbocycles. The van der Waals surface area contributed by atoms with Crippen molar-refractivity contribution in [3.05, 3.63) is 35.9 Å². The first-order chi connectivity index (χ1) is 11.8. The van der Waals surface area contributed by atoms with Crippen molar-refractivity contribution in [3.63, 3.8) is 0 Å². The van der Waals surface area contributed by atoms with Crippen LogP contribution in [0.25, 0.3) is 0 Å². The topological polar surface area (TPSA) is 23.6 Å². The molecule has 2 saturated heterocycles. The Labute approximate surface area is 153 Å². The zero-order valence-electron chi connectivity index (χ0n) is 16.6. The average molecular weight is 343 g/mol. The third-order valence-electron chi connectivity index (χ3n) is 6.70. The van der Waals surface area contributed by atoms with Crippen LogP contribution in [-0.2, 0) is 4.79 Å². The van der Waals surface area contributed by atoms with Crippen molar-refractivity contribution in [2.24, 2.45) is 10.8 Å². The molecule has 0 aromatic heterocycles. The van der Waals surface area contributed by atoms with E-state index in [1.54, 1.807) is 0 Å². The van der Waals surface area contributed by atoms with Gasteiger partial charge >= 0.3 is 0 Å². The fourth-order valence-corrected chi connectivity index (χ4v) is 4.61. The molecular formula is C22H34N2O. The summed E-state index contributed by atoms with van der Waals surface area (Å²) in [7, 11) is 0. The number of likely N-dealkylation sites (tertiary alicyclic amines) is 2. The number of hydrogen-bond acceptors (Lipinski definition) is 2. The number of rotatable bonds is 4. The van der Waals surface area contributed by atoms with Crippen molar-refractivity contribution in [1.29, 1.82) is 0 Å². The van der Waals surface area contributed by atoms with Crippen LogP contribution >= 0.6 is 0 Å². The Kier molecular flexibility index (Phi) is 4.98. The fraction of sp³-hybridized carbons (Fsp3) is 0.682. The molecule has 138 valence electrons. The second-order valence-corrected chi connectivity index (χ2v) is 8.97. The third kappa shape index (κ3) is 3.23. The van der Waals surface area contributed by atoms with Crippen LogP contribution in [0.15, 0.2) is 30.3 Å². The molecule has 1 aromatic carbocycles. The molecule has 1 amide bonds. The van der Waals surface area contributed by atoms with Gasteiger partial charge in [-0.3, -0.25) is 9.69 Å². The summed E-state index contributed by atoms with van der Waals surface area (Å²) >= 11 is 0. The summed E-state index contributed by atoms with van der Waals surface area (Å²) in [4.78, 5) is 17.6. The number of nitrogens with zero attached hydrogens (tertiary/aromatic N) is 2. The molecule has 1 spiro atoms. The average Bonchev–Trinajstić information content (AvgIpc) is 2.60. The van der Waals surface area contributed by atoms with E-state index in [0.29, 0.717) is 23.4 Å². The van der Waals surface area contributed by atoms with Crippen LogP contribution < -0.4 is 0 Å². The maximum Gasteiger partial charge on any atom is 0.228 e. The minimum absolute atomic E-state index is 0.229. The Morgan fingerprint density at radius 2 is 1.80 bits per heavy atom. The minimum atomic E-state index is -0.229. The largest absolute Gasteiger partial charge is 0.342 e. The third-order valence-corrected chi connectivity index (χ3v) is 6.70.